The lowest BCUT2D eigenvalue weighted by Crippen LogP contribution is -2.12. The lowest BCUT2D eigenvalue weighted by molar-refractivity contribution is -0.138. The molecule has 1 rings (SSSR count). The van der Waals surface area contributed by atoms with Gasteiger partial charge in [-0.05, 0) is 18.6 Å². The molecule has 0 aromatic carbocycles. The third-order valence-corrected chi connectivity index (χ3v) is 1.71. The van der Waals surface area contributed by atoms with Crippen LogP contribution in [0.5, 0.6) is 0 Å². The fraction of sp³-hybridized carbons (Fsp3) is 0.333. The number of amides is 1. The smallest absolute Gasteiger partial charge is 0.311 e. The second-order valence-corrected chi connectivity index (χ2v) is 3.06. The van der Waals surface area contributed by atoms with Crippen LogP contribution in [0.15, 0.2) is 12.3 Å². The van der Waals surface area contributed by atoms with Crippen LogP contribution in [0.1, 0.15) is 18.1 Å². The molecule has 0 fully saturated rings. The highest BCUT2D eigenvalue weighted by atomic mass is 19.4. The fourth-order valence-corrected chi connectivity index (χ4v) is 1.08. The molecule has 0 aliphatic heterocycles. The van der Waals surface area contributed by atoms with Gasteiger partial charge < -0.3 is 5.32 Å². The number of halogens is 3. The first-order valence-corrected chi connectivity index (χ1v) is 4.12. The van der Waals surface area contributed by atoms with Crippen LogP contribution >= 0.6 is 0 Å². The minimum atomic E-state index is -4.43. The van der Waals surface area contributed by atoms with Crippen molar-refractivity contribution in [1.29, 1.82) is 0 Å². The fourth-order valence-electron chi connectivity index (χ4n) is 1.08. The van der Waals surface area contributed by atoms with Crippen LogP contribution in [-0.4, -0.2) is 10.9 Å². The lowest BCUT2D eigenvalue weighted by Gasteiger charge is -2.11. The molecule has 0 saturated carbocycles. The summed E-state index contributed by atoms with van der Waals surface area (Å²) in [5, 5.41) is 2.19. The zero-order chi connectivity index (χ0) is 11.6. The van der Waals surface area contributed by atoms with Crippen molar-refractivity contribution in [2.24, 2.45) is 0 Å². The summed E-state index contributed by atoms with van der Waals surface area (Å²) in [5.41, 5.74) is -0.766. The number of anilines is 1. The molecule has 3 nitrogen and oxygen atoms in total. The van der Waals surface area contributed by atoms with Gasteiger partial charge in [0.25, 0.3) is 0 Å². The molecule has 1 aromatic heterocycles. The van der Waals surface area contributed by atoms with Gasteiger partial charge in [-0.2, -0.15) is 13.2 Å². The van der Waals surface area contributed by atoms with Crippen molar-refractivity contribution in [3.63, 3.8) is 0 Å². The number of carbonyl (C=O) groups excluding carboxylic acids is 1. The third-order valence-electron chi connectivity index (χ3n) is 1.71. The van der Waals surface area contributed by atoms with Gasteiger partial charge in [-0.15, -0.1) is 0 Å². The molecule has 0 atom stereocenters. The van der Waals surface area contributed by atoms with Crippen molar-refractivity contribution in [2.75, 3.05) is 5.32 Å². The average Bonchev–Trinajstić information content (AvgIpc) is 2.05. The number of rotatable bonds is 1. The average molecular weight is 218 g/mol. The molecule has 0 unspecified atom stereocenters. The van der Waals surface area contributed by atoms with Crippen molar-refractivity contribution in [2.45, 2.75) is 20.0 Å². The monoisotopic (exact) mass is 218 g/mol. The Morgan fingerprint density at radius 3 is 2.53 bits per heavy atom. The minimum absolute atomic E-state index is 0.0246. The number of nitrogens with one attached hydrogen (secondary N) is 1. The summed E-state index contributed by atoms with van der Waals surface area (Å²) >= 11 is 0. The summed E-state index contributed by atoms with van der Waals surface area (Å²) in [5.74, 6) is -0.556. The van der Waals surface area contributed by atoms with Gasteiger partial charge in [0.15, 0.2) is 0 Å². The summed E-state index contributed by atoms with van der Waals surface area (Å²) in [6.07, 6.45) is -3.35. The highest BCUT2D eigenvalue weighted by molar-refractivity contribution is 5.87. The largest absolute Gasteiger partial charge is 0.416 e. The van der Waals surface area contributed by atoms with E-state index in [4.69, 9.17) is 0 Å². The van der Waals surface area contributed by atoms with Crippen LogP contribution in [0.25, 0.3) is 0 Å². The summed E-state index contributed by atoms with van der Waals surface area (Å²) in [6.45, 7) is 2.52. The van der Waals surface area contributed by atoms with Crippen LogP contribution in [0.4, 0.5) is 19.0 Å². The number of nitrogens with zero attached hydrogens (tertiary/aromatic N) is 1. The van der Waals surface area contributed by atoms with E-state index < -0.39 is 17.6 Å². The molecule has 1 N–H and O–H groups in total. The molecule has 0 aliphatic carbocycles. The first-order chi connectivity index (χ1) is 6.80. The standard InChI is InChI=1S/C9H9F3N2O/c1-5-4-13-8(14-6(2)15)3-7(5)9(10,11)12/h3-4H,1-2H3,(H,13,14,15). The highest BCUT2D eigenvalue weighted by Gasteiger charge is 2.32. The van der Waals surface area contributed by atoms with Gasteiger partial charge in [-0.3, -0.25) is 4.79 Å². The SMILES string of the molecule is CC(=O)Nc1cc(C(F)(F)F)c(C)cn1. The van der Waals surface area contributed by atoms with E-state index in [0.29, 0.717) is 0 Å². The Labute approximate surface area is 84.3 Å². The number of hydrogen-bond donors (Lipinski definition) is 1. The number of carbonyl (C=O) groups is 1. The number of hydrogen-bond acceptors (Lipinski definition) is 2. The molecule has 1 heterocycles. The summed E-state index contributed by atoms with van der Waals surface area (Å²) in [7, 11) is 0. The van der Waals surface area contributed by atoms with Gasteiger partial charge in [0, 0.05) is 13.1 Å². The Balaban J connectivity index is 3.11. The van der Waals surface area contributed by atoms with Gasteiger partial charge in [0.2, 0.25) is 5.91 Å². The molecule has 0 radical (unpaired) electrons. The Bertz CT molecular complexity index is 387. The van der Waals surface area contributed by atoms with Crippen molar-refractivity contribution in [3.8, 4) is 0 Å². The van der Waals surface area contributed by atoms with E-state index in [2.05, 4.69) is 10.3 Å². The molecule has 1 amide bonds. The van der Waals surface area contributed by atoms with E-state index in [-0.39, 0.29) is 11.4 Å². The maximum atomic E-state index is 12.4. The summed E-state index contributed by atoms with van der Waals surface area (Å²) in [6, 6.07) is 0.816. The van der Waals surface area contributed by atoms with Crippen LogP contribution in [0.3, 0.4) is 0 Å². The van der Waals surface area contributed by atoms with E-state index in [0.717, 1.165) is 12.3 Å². The van der Waals surface area contributed by atoms with Crippen molar-refractivity contribution in [3.05, 3.63) is 23.4 Å². The zero-order valence-electron chi connectivity index (χ0n) is 8.14. The number of aryl methyl sites for hydroxylation is 1. The second-order valence-electron chi connectivity index (χ2n) is 3.06. The topological polar surface area (TPSA) is 42.0 Å². The predicted molar refractivity (Wildman–Crippen MR) is 48.3 cm³/mol. The molecule has 1 aromatic rings. The molecule has 0 bridgehead atoms. The number of aromatic nitrogens is 1. The lowest BCUT2D eigenvalue weighted by atomic mass is 10.1. The molecule has 6 heteroatoms. The quantitative estimate of drug-likeness (QED) is 0.786. The number of alkyl halides is 3. The van der Waals surface area contributed by atoms with Crippen LogP contribution in [0, 0.1) is 6.92 Å². The van der Waals surface area contributed by atoms with E-state index in [1.807, 2.05) is 0 Å². The second kappa shape index (κ2) is 3.88. The zero-order valence-corrected chi connectivity index (χ0v) is 8.14. The van der Waals surface area contributed by atoms with Crippen LogP contribution in [0.2, 0.25) is 0 Å². The molecule has 15 heavy (non-hydrogen) atoms. The van der Waals surface area contributed by atoms with Gasteiger partial charge in [0.1, 0.15) is 5.82 Å². The third kappa shape index (κ3) is 2.93. The normalized spacial score (nSPS) is 11.3. The Morgan fingerprint density at radius 1 is 1.47 bits per heavy atom. The van der Waals surface area contributed by atoms with Crippen molar-refractivity contribution < 1.29 is 18.0 Å². The Morgan fingerprint density at radius 2 is 2.07 bits per heavy atom. The van der Waals surface area contributed by atoms with Gasteiger partial charge in [0.05, 0.1) is 5.56 Å². The number of pyridine rings is 1. The molecule has 0 saturated heterocycles. The molecule has 0 spiro atoms. The Kier molecular flexibility index (Phi) is 2.97. The maximum Gasteiger partial charge on any atom is 0.416 e. The van der Waals surface area contributed by atoms with E-state index in [1.54, 1.807) is 0 Å². The van der Waals surface area contributed by atoms with Crippen LogP contribution in [-0.2, 0) is 11.0 Å². The van der Waals surface area contributed by atoms with Gasteiger partial charge in [-0.1, -0.05) is 0 Å². The maximum absolute atomic E-state index is 12.4. The van der Waals surface area contributed by atoms with E-state index in [1.165, 1.54) is 13.8 Å². The minimum Gasteiger partial charge on any atom is -0.311 e. The van der Waals surface area contributed by atoms with Gasteiger partial charge in [-0.25, -0.2) is 4.98 Å². The molecular formula is C9H9F3N2O. The Hall–Kier alpha value is -1.59. The summed E-state index contributed by atoms with van der Waals surface area (Å²) in [4.78, 5) is 14.3. The van der Waals surface area contributed by atoms with E-state index in [9.17, 15) is 18.0 Å². The summed E-state index contributed by atoms with van der Waals surface area (Å²) < 4.78 is 37.3. The first kappa shape index (κ1) is 11.5. The molecular weight excluding hydrogens is 209 g/mol. The highest BCUT2D eigenvalue weighted by Crippen LogP contribution is 2.32. The molecule has 82 valence electrons. The molecule has 0 aliphatic rings. The van der Waals surface area contributed by atoms with Crippen molar-refractivity contribution in [1.82, 2.24) is 4.98 Å². The predicted octanol–water partition coefficient (Wildman–Crippen LogP) is 2.37. The van der Waals surface area contributed by atoms with Crippen LogP contribution < -0.4 is 5.32 Å². The van der Waals surface area contributed by atoms with E-state index >= 15 is 0 Å². The first-order valence-electron chi connectivity index (χ1n) is 4.12. The van der Waals surface area contributed by atoms with Gasteiger partial charge >= 0.3 is 6.18 Å². The van der Waals surface area contributed by atoms with Crippen molar-refractivity contribution >= 4 is 11.7 Å².